The van der Waals surface area contributed by atoms with Crippen molar-refractivity contribution in [1.29, 1.82) is 0 Å². The summed E-state index contributed by atoms with van der Waals surface area (Å²) >= 11 is 1.23. The highest BCUT2D eigenvalue weighted by Gasteiger charge is 2.14. The molecule has 0 bridgehead atoms. The zero-order valence-corrected chi connectivity index (χ0v) is 19.9. The number of carbonyl (C=O) groups is 1. The number of nitrogens with zero attached hydrogens (tertiary/aromatic N) is 4. The van der Waals surface area contributed by atoms with Gasteiger partial charge in [0.1, 0.15) is 11.5 Å². The zero-order chi connectivity index (χ0) is 24.1. The van der Waals surface area contributed by atoms with Gasteiger partial charge in [0.25, 0.3) is 0 Å². The summed E-state index contributed by atoms with van der Waals surface area (Å²) in [6.45, 7) is 0. The predicted molar refractivity (Wildman–Crippen MR) is 128 cm³/mol. The molecule has 176 valence electrons. The summed E-state index contributed by atoms with van der Waals surface area (Å²) in [4.78, 5) is 12.5. The first-order valence-corrected chi connectivity index (χ1v) is 11.1. The molecule has 0 unspecified atom stereocenters. The summed E-state index contributed by atoms with van der Waals surface area (Å²) in [6, 6.07) is 14.4. The summed E-state index contributed by atoms with van der Waals surface area (Å²) in [7, 11) is 6.27. The number of fused-ring (bicyclic) bond motifs is 1. The standard InChI is InChI=1S/C23H23N5O5S/c1-30-16-10-15(11-17(12-16)31-2)24-22(29)13-34-23-26-25-21-8-6-18(27-28(21)23)14-5-7-19(32-3)20(9-14)33-4/h5-12H,13H2,1-4H3,(H,24,29). The maximum atomic E-state index is 12.5. The molecule has 10 nitrogen and oxygen atoms in total. The topological polar surface area (TPSA) is 109 Å². The molecule has 2 heterocycles. The van der Waals surface area contributed by atoms with Crippen LogP contribution in [0.3, 0.4) is 0 Å². The molecule has 0 radical (unpaired) electrons. The Morgan fingerprint density at radius 3 is 2.29 bits per heavy atom. The summed E-state index contributed by atoms with van der Waals surface area (Å²) in [6.07, 6.45) is 0. The lowest BCUT2D eigenvalue weighted by Gasteiger charge is -2.10. The smallest absolute Gasteiger partial charge is 0.234 e. The third-order valence-corrected chi connectivity index (χ3v) is 5.80. The van der Waals surface area contributed by atoms with Crippen LogP contribution in [0.25, 0.3) is 16.9 Å². The summed E-state index contributed by atoms with van der Waals surface area (Å²) < 4.78 is 22.8. The number of hydrogen-bond donors (Lipinski definition) is 1. The van der Waals surface area contributed by atoms with Crippen molar-refractivity contribution in [2.24, 2.45) is 0 Å². The molecule has 0 saturated carbocycles. The lowest BCUT2D eigenvalue weighted by atomic mass is 10.1. The van der Waals surface area contributed by atoms with E-state index in [9.17, 15) is 4.79 Å². The SMILES string of the molecule is COc1cc(NC(=O)CSc2nnc3ccc(-c4ccc(OC)c(OC)c4)nn23)cc(OC)c1. The Morgan fingerprint density at radius 1 is 0.882 bits per heavy atom. The van der Waals surface area contributed by atoms with Gasteiger partial charge in [-0.05, 0) is 30.3 Å². The van der Waals surface area contributed by atoms with Gasteiger partial charge in [-0.1, -0.05) is 11.8 Å². The molecule has 2 aromatic heterocycles. The number of nitrogens with one attached hydrogen (secondary N) is 1. The second-order valence-electron chi connectivity index (χ2n) is 6.98. The molecule has 11 heteroatoms. The van der Waals surface area contributed by atoms with Crippen molar-refractivity contribution in [3.8, 4) is 34.3 Å². The number of anilines is 1. The number of rotatable bonds is 9. The monoisotopic (exact) mass is 481 g/mol. The lowest BCUT2D eigenvalue weighted by Crippen LogP contribution is -2.14. The number of benzene rings is 2. The number of thioether (sulfide) groups is 1. The third-order valence-electron chi connectivity index (χ3n) is 4.88. The fraction of sp³-hybridized carbons (Fsp3) is 0.217. The quantitative estimate of drug-likeness (QED) is 0.359. The summed E-state index contributed by atoms with van der Waals surface area (Å²) in [5.74, 6) is 2.30. The van der Waals surface area contributed by atoms with Gasteiger partial charge < -0.3 is 24.3 Å². The minimum Gasteiger partial charge on any atom is -0.497 e. The third kappa shape index (κ3) is 4.99. The van der Waals surface area contributed by atoms with Crippen LogP contribution in [0.2, 0.25) is 0 Å². The fourth-order valence-corrected chi connectivity index (χ4v) is 3.90. The van der Waals surface area contributed by atoms with Gasteiger partial charge in [0, 0.05) is 29.4 Å². The normalized spacial score (nSPS) is 10.7. The second-order valence-corrected chi connectivity index (χ2v) is 7.92. The number of amides is 1. The first kappa shape index (κ1) is 23.2. The highest BCUT2D eigenvalue weighted by Crippen LogP contribution is 2.32. The molecule has 0 atom stereocenters. The Hall–Kier alpha value is -3.99. The first-order chi connectivity index (χ1) is 16.5. The highest BCUT2D eigenvalue weighted by molar-refractivity contribution is 7.99. The number of aromatic nitrogens is 4. The molecule has 0 fully saturated rings. The molecule has 34 heavy (non-hydrogen) atoms. The van der Waals surface area contributed by atoms with E-state index in [1.54, 1.807) is 51.2 Å². The van der Waals surface area contributed by atoms with E-state index in [1.807, 2.05) is 30.3 Å². The number of methoxy groups -OCH3 is 4. The van der Waals surface area contributed by atoms with Crippen molar-refractivity contribution in [3.05, 3.63) is 48.5 Å². The van der Waals surface area contributed by atoms with Crippen molar-refractivity contribution in [2.75, 3.05) is 39.5 Å². The van der Waals surface area contributed by atoms with E-state index in [0.29, 0.717) is 45.2 Å². The van der Waals surface area contributed by atoms with Crippen LogP contribution < -0.4 is 24.3 Å². The molecule has 0 saturated heterocycles. The lowest BCUT2D eigenvalue weighted by molar-refractivity contribution is -0.113. The van der Waals surface area contributed by atoms with E-state index < -0.39 is 0 Å². The van der Waals surface area contributed by atoms with Crippen molar-refractivity contribution < 1.29 is 23.7 Å². The molecule has 1 amide bonds. The van der Waals surface area contributed by atoms with Gasteiger partial charge in [0.15, 0.2) is 17.1 Å². The number of hydrogen-bond acceptors (Lipinski definition) is 9. The molecule has 0 spiro atoms. The molecule has 1 N–H and O–H groups in total. The average Bonchev–Trinajstić information content (AvgIpc) is 3.28. The molecule has 4 aromatic rings. The van der Waals surface area contributed by atoms with E-state index in [0.717, 1.165) is 5.56 Å². The molecular formula is C23H23N5O5S. The Balaban J connectivity index is 1.50. The van der Waals surface area contributed by atoms with Crippen LogP contribution in [0.4, 0.5) is 5.69 Å². The molecule has 0 aliphatic rings. The number of carbonyl (C=O) groups excluding carboxylic acids is 1. The van der Waals surface area contributed by atoms with Crippen LogP contribution >= 0.6 is 11.8 Å². The van der Waals surface area contributed by atoms with Crippen molar-refractivity contribution >= 4 is 29.0 Å². The molecular weight excluding hydrogens is 458 g/mol. The van der Waals surface area contributed by atoms with Crippen LogP contribution in [-0.4, -0.2) is 59.9 Å². The van der Waals surface area contributed by atoms with Crippen molar-refractivity contribution in [3.63, 3.8) is 0 Å². The Bertz CT molecular complexity index is 1300. The Morgan fingerprint density at radius 2 is 1.62 bits per heavy atom. The zero-order valence-electron chi connectivity index (χ0n) is 19.1. The molecule has 2 aromatic carbocycles. The first-order valence-electron chi connectivity index (χ1n) is 10.1. The fourth-order valence-electron chi connectivity index (χ4n) is 3.22. The van der Waals surface area contributed by atoms with Crippen LogP contribution in [-0.2, 0) is 4.79 Å². The van der Waals surface area contributed by atoms with Gasteiger partial charge in [0.2, 0.25) is 11.1 Å². The van der Waals surface area contributed by atoms with Crippen molar-refractivity contribution in [1.82, 2.24) is 19.8 Å². The predicted octanol–water partition coefficient (Wildman–Crippen LogP) is 3.56. The van der Waals surface area contributed by atoms with Gasteiger partial charge >= 0.3 is 0 Å². The summed E-state index contributed by atoms with van der Waals surface area (Å²) in [5, 5.41) is 16.3. The molecule has 4 rings (SSSR count). The minimum absolute atomic E-state index is 0.114. The average molecular weight is 482 g/mol. The van der Waals surface area contributed by atoms with Crippen LogP contribution in [0.5, 0.6) is 23.0 Å². The maximum Gasteiger partial charge on any atom is 0.234 e. The van der Waals surface area contributed by atoms with Crippen molar-refractivity contribution in [2.45, 2.75) is 5.16 Å². The summed E-state index contributed by atoms with van der Waals surface area (Å²) in [5.41, 5.74) is 2.68. The van der Waals surface area contributed by atoms with E-state index in [4.69, 9.17) is 18.9 Å². The Labute approximate surface area is 200 Å². The number of ether oxygens (including phenoxy) is 4. The second kappa shape index (κ2) is 10.3. The Kier molecular flexibility index (Phi) is 7.02. The van der Waals surface area contributed by atoms with Crippen LogP contribution in [0.1, 0.15) is 0 Å². The van der Waals surface area contributed by atoms with Crippen LogP contribution in [0, 0.1) is 0 Å². The van der Waals surface area contributed by atoms with E-state index in [-0.39, 0.29) is 11.7 Å². The van der Waals surface area contributed by atoms with E-state index >= 15 is 0 Å². The van der Waals surface area contributed by atoms with Crippen LogP contribution in [0.15, 0.2) is 53.7 Å². The molecule has 0 aliphatic heterocycles. The maximum absolute atomic E-state index is 12.5. The largest absolute Gasteiger partial charge is 0.497 e. The molecule has 0 aliphatic carbocycles. The van der Waals surface area contributed by atoms with E-state index in [1.165, 1.54) is 11.8 Å². The van der Waals surface area contributed by atoms with E-state index in [2.05, 4.69) is 20.6 Å². The van der Waals surface area contributed by atoms with Gasteiger partial charge in [-0.3, -0.25) is 4.79 Å². The highest BCUT2D eigenvalue weighted by atomic mass is 32.2. The minimum atomic E-state index is -0.215. The van der Waals surface area contributed by atoms with Gasteiger partial charge in [-0.15, -0.1) is 10.2 Å². The van der Waals surface area contributed by atoms with Gasteiger partial charge in [-0.2, -0.15) is 9.61 Å². The van der Waals surface area contributed by atoms with Gasteiger partial charge in [0.05, 0.1) is 39.9 Å². The van der Waals surface area contributed by atoms with Gasteiger partial charge in [-0.25, -0.2) is 0 Å².